The van der Waals surface area contributed by atoms with E-state index in [1.54, 1.807) is 12.1 Å². The first-order valence-corrected chi connectivity index (χ1v) is 14.1. The third kappa shape index (κ3) is 8.36. The summed E-state index contributed by atoms with van der Waals surface area (Å²) in [6.45, 7) is 13.5. The molecule has 36 heavy (non-hydrogen) atoms. The lowest BCUT2D eigenvalue weighted by Crippen LogP contribution is -2.55. The second kappa shape index (κ2) is 11.5. The summed E-state index contributed by atoms with van der Waals surface area (Å²) in [5.41, 5.74) is 1.76. The highest BCUT2D eigenvalue weighted by Gasteiger charge is 2.33. The van der Waals surface area contributed by atoms with Gasteiger partial charge in [0.25, 0.3) is 0 Å². The van der Waals surface area contributed by atoms with Gasteiger partial charge in [0.2, 0.25) is 21.8 Å². The number of amides is 2. The number of sulfonamides is 1. The molecule has 0 aromatic heterocycles. The third-order valence-corrected chi connectivity index (χ3v) is 6.92. The van der Waals surface area contributed by atoms with Crippen LogP contribution in [0.1, 0.15) is 66.0 Å². The van der Waals surface area contributed by atoms with Crippen molar-refractivity contribution in [1.29, 1.82) is 0 Å². The molecule has 0 radical (unpaired) electrons. The minimum Gasteiger partial charge on any atom is -0.350 e. The SMILES string of the molecule is CC[C@@H](C(=O)NC(C)(C)C)N(Cc1ccccc1)C(=O)CN(c1ccc(C(C)(C)C)cc1)S(C)(=O)=O. The average molecular weight is 516 g/mol. The third-order valence-electron chi connectivity index (χ3n) is 5.78. The van der Waals surface area contributed by atoms with Crippen LogP contribution in [0.4, 0.5) is 5.69 Å². The van der Waals surface area contributed by atoms with E-state index in [0.717, 1.165) is 21.7 Å². The van der Waals surface area contributed by atoms with Crippen molar-refractivity contribution in [2.45, 2.75) is 78.4 Å². The molecule has 1 N–H and O–H groups in total. The highest BCUT2D eigenvalue weighted by molar-refractivity contribution is 7.92. The summed E-state index contributed by atoms with van der Waals surface area (Å²) >= 11 is 0. The van der Waals surface area contributed by atoms with Crippen LogP contribution in [0.2, 0.25) is 0 Å². The Labute approximate surface area is 216 Å². The quantitative estimate of drug-likeness (QED) is 0.534. The van der Waals surface area contributed by atoms with Gasteiger partial charge in [-0.05, 0) is 55.9 Å². The maximum atomic E-state index is 13.7. The number of nitrogens with zero attached hydrogens (tertiary/aromatic N) is 2. The van der Waals surface area contributed by atoms with Gasteiger partial charge in [-0.15, -0.1) is 0 Å². The number of carbonyl (C=O) groups is 2. The molecule has 2 rings (SSSR count). The van der Waals surface area contributed by atoms with Crippen molar-refractivity contribution in [2.24, 2.45) is 0 Å². The molecular weight excluding hydrogens is 474 g/mol. The number of hydrogen-bond donors (Lipinski definition) is 1. The zero-order valence-corrected chi connectivity index (χ0v) is 23.6. The summed E-state index contributed by atoms with van der Waals surface area (Å²) in [7, 11) is -3.76. The molecule has 2 amide bonds. The van der Waals surface area contributed by atoms with E-state index >= 15 is 0 Å². The summed E-state index contributed by atoms with van der Waals surface area (Å²) in [6.07, 6.45) is 1.47. The van der Waals surface area contributed by atoms with Gasteiger partial charge in [-0.1, -0.05) is 70.2 Å². The van der Waals surface area contributed by atoms with Crippen molar-refractivity contribution >= 4 is 27.5 Å². The average Bonchev–Trinajstić information content (AvgIpc) is 2.75. The normalized spacial score (nSPS) is 13.1. The van der Waals surface area contributed by atoms with Crippen molar-refractivity contribution in [2.75, 3.05) is 17.1 Å². The van der Waals surface area contributed by atoms with E-state index < -0.39 is 34.1 Å². The van der Waals surface area contributed by atoms with Gasteiger partial charge in [-0.3, -0.25) is 13.9 Å². The second-order valence-corrected chi connectivity index (χ2v) is 13.1. The minimum atomic E-state index is -3.76. The molecule has 7 nitrogen and oxygen atoms in total. The molecule has 0 aliphatic heterocycles. The van der Waals surface area contributed by atoms with E-state index in [2.05, 4.69) is 26.1 Å². The highest BCUT2D eigenvalue weighted by Crippen LogP contribution is 2.26. The number of carbonyl (C=O) groups excluding carboxylic acids is 2. The monoisotopic (exact) mass is 515 g/mol. The Hall–Kier alpha value is -2.87. The second-order valence-electron chi connectivity index (χ2n) is 11.2. The maximum absolute atomic E-state index is 13.7. The van der Waals surface area contributed by atoms with Crippen LogP contribution in [0.15, 0.2) is 54.6 Å². The molecule has 0 spiro atoms. The molecule has 0 saturated heterocycles. The maximum Gasteiger partial charge on any atom is 0.244 e. The Morgan fingerprint density at radius 3 is 1.92 bits per heavy atom. The van der Waals surface area contributed by atoms with Gasteiger partial charge in [0.1, 0.15) is 12.6 Å². The van der Waals surface area contributed by atoms with Gasteiger partial charge in [0.05, 0.1) is 11.9 Å². The minimum absolute atomic E-state index is 0.0918. The molecule has 0 aliphatic carbocycles. The van der Waals surface area contributed by atoms with E-state index in [4.69, 9.17) is 0 Å². The predicted molar refractivity (Wildman–Crippen MR) is 146 cm³/mol. The largest absolute Gasteiger partial charge is 0.350 e. The van der Waals surface area contributed by atoms with E-state index in [9.17, 15) is 18.0 Å². The smallest absolute Gasteiger partial charge is 0.244 e. The van der Waals surface area contributed by atoms with Crippen LogP contribution in [0.3, 0.4) is 0 Å². The lowest BCUT2D eigenvalue weighted by atomic mass is 9.87. The Bertz CT molecular complexity index is 1130. The first kappa shape index (κ1) is 29.4. The van der Waals surface area contributed by atoms with Crippen LogP contribution in [-0.4, -0.2) is 49.5 Å². The summed E-state index contributed by atoms with van der Waals surface area (Å²) in [4.78, 5) is 28.4. The van der Waals surface area contributed by atoms with Crippen molar-refractivity contribution < 1.29 is 18.0 Å². The Kier molecular flexibility index (Phi) is 9.34. The number of benzene rings is 2. The highest BCUT2D eigenvalue weighted by atomic mass is 32.2. The molecule has 1 atom stereocenters. The summed E-state index contributed by atoms with van der Waals surface area (Å²) in [5.74, 6) is -0.713. The van der Waals surface area contributed by atoms with E-state index in [1.165, 1.54) is 4.90 Å². The van der Waals surface area contributed by atoms with Gasteiger partial charge >= 0.3 is 0 Å². The molecular formula is C28H41N3O4S. The van der Waals surface area contributed by atoms with Crippen molar-refractivity contribution in [3.63, 3.8) is 0 Å². The summed E-state index contributed by atoms with van der Waals surface area (Å²) < 4.78 is 26.6. The number of nitrogens with one attached hydrogen (secondary N) is 1. The Balaban J connectivity index is 2.44. The van der Waals surface area contributed by atoms with Crippen LogP contribution >= 0.6 is 0 Å². The molecule has 0 saturated carbocycles. The number of hydrogen-bond acceptors (Lipinski definition) is 4. The van der Waals surface area contributed by atoms with Crippen LogP contribution in [-0.2, 0) is 31.6 Å². The first-order valence-electron chi connectivity index (χ1n) is 12.3. The molecule has 8 heteroatoms. The van der Waals surface area contributed by atoms with Gasteiger partial charge in [0, 0.05) is 12.1 Å². The van der Waals surface area contributed by atoms with Crippen molar-refractivity contribution in [1.82, 2.24) is 10.2 Å². The Morgan fingerprint density at radius 2 is 1.47 bits per heavy atom. The van der Waals surface area contributed by atoms with Crippen molar-refractivity contribution in [3.8, 4) is 0 Å². The molecule has 0 fully saturated rings. The van der Waals surface area contributed by atoms with Gasteiger partial charge in [0.15, 0.2) is 0 Å². The van der Waals surface area contributed by atoms with Crippen molar-refractivity contribution in [3.05, 3.63) is 65.7 Å². The topological polar surface area (TPSA) is 86.8 Å². The first-order chi connectivity index (χ1) is 16.5. The summed E-state index contributed by atoms with van der Waals surface area (Å²) in [5, 5.41) is 2.96. The zero-order valence-electron chi connectivity index (χ0n) is 22.8. The molecule has 2 aromatic rings. The van der Waals surface area contributed by atoms with Gasteiger partial charge in [-0.2, -0.15) is 0 Å². The van der Waals surface area contributed by atoms with Gasteiger partial charge < -0.3 is 10.2 Å². The fourth-order valence-corrected chi connectivity index (χ4v) is 4.74. The van der Waals surface area contributed by atoms with Crippen LogP contribution in [0.5, 0.6) is 0 Å². The molecule has 0 bridgehead atoms. The van der Waals surface area contributed by atoms with E-state index in [-0.39, 0.29) is 17.9 Å². The fraction of sp³-hybridized carbons (Fsp3) is 0.500. The fourth-order valence-electron chi connectivity index (χ4n) is 3.89. The molecule has 2 aromatic carbocycles. The molecule has 0 aliphatic rings. The van der Waals surface area contributed by atoms with E-state index in [1.807, 2.05) is 70.2 Å². The molecule has 198 valence electrons. The van der Waals surface area contributed by atoms with E-state index in [0.29, 0.717) is 12.1 Å². The lowest BCUT2D eigenvalue weighted by molar-refractivity contribution is -0.141. The number of anilines is 1. The zero-order chi connectivity index (χ0) is 27.3. The molecule has 0 heterocycles. The number of rotatable bonds is 9. The van der Waals surface area contributed by atoms with Crippen LogP contribution in [0, 0.1) is 0 Å². The van der Waals surface area contributed by atoms with Gasteiger partial charge in [-0.25, -0.2) is 8.42 Å². The van der Waals surface area contributed by atoms with Crippen LogP contribution < -0.4 is 9.62 Å². The molecule has 0 unspecified atom stereocenters. The van der Waals surface area contributed by atoms with Crippen LogP contribution in [0.25, 0.3) is 0 Å². The lowest BCUT2D eigenvalue weighted by Gasteiger charge is -2.34. The Morgan fingerprint density at radius 1 is 0.917 bits per heavy atom. The summed E-state index contributed by atoms with van der Waals surface area (Å²) in [6, 6.07) is 15.8. The standard InChI is InChI=1S/C28H41N3O4S/c1-9-24(26(33)29-28(5,6)7)30(19-21-13-11-10-12-14-21)25(32)20-31(36(8,34)35)23-17-15-22(16-18-23)27(2,3)4/h10-18,24H,9,19-20H2,1-8H3,(H,29,33)/t24-/m0/s1. The predicted octanol–water partition coefficient (Wildman–Crippen LogP) is 4.47.